The molecule has 0 radical (unpaired) electrons. The van der Waals surface area contributed by atoms with E-state index in [1.807, 2.05) is 6.92 Å². The molecule has 3 N–H and O–H groups in total. The number of nitrogens with one attached hydrogen (secondary N) is 1. The summed E-state index contributed by atoms with van der Waals surface area (Å²) in [5, 5.41) is -0.239. The molecule has 0 aliphatic rings. The number of aryl methyl sites for hydroxylation is 1. The Morgan fingerprint density at radius 3 is 2.47 bits per heavy atom. The van der Waals surface area contributed by atoms with Crippen molar-refractivity contribution < 1.29 is 12.6 Å². The first-order valence-corrected chi connectivity index (χ1v) is 8.94. The molecule has 0 amide bonds. The summed E-state index contributed by atoms with van der Waals surface area (Å²) in [6.07, 6.45) is 1.55. The highest BCUT2D eigenvalue weighted by Gasteiger charge is 2.20. The first-order chi connectivity index (χ1) is 8.65. The van der Waals surface area contributed by atoms with E-state index in [0.717, 1.165) is 5.56 Å². The normalized spacial score (nSPS) is 15.2. The molecule has 1 aromatic carbocycles. The number of nitrogens with two attached hydrogens (primary N) is 1. The molecule has 0 heterocycles. The fourth-order valence-corrected chi connectivity index (χ4v) is 3.46. The molecule has 1 rings (SSSR count). The summed E-state index contributed by atoms with van der Waals surface area (Å²) >= 11 is 0. The van der Waals surface area contributed by atoms with E-state index in [9.17, 15) is 12.6 Å². The molecule has 0 aromatic heterocycles. The van der Waals surface area contributed by atoms with Gasteiger partial charge in [-0.05, 0) is 44.0 Å². The van der Waals surface area contributed by atoms with Gasteiger partial charge in [-0.15, -0.1) is 0 Å². The van der Waals surface area contributed by atoms with E-state index in [1.165, 1.54) is 6.07 Å². The van der Waals surface area contributed by atoms with Crippen molar-refractivity contribution in [1.29, 1.82) is 0 Å². The van der Waals surface area contributed by atoms with E-state index >= 15 is 0 Å². The number of nitrogen functional groups attached to an aromatic ring is 1. The van der Waals surface area contributed by atoms with E-state index in [4.69, 9.17) is 5.73 Å². The van der Waals surface area contributed by atoms with Crippen LogP contribution >= 0.6 is 0 Å². The fraction of sp³-hybridized carbons (Fsp3) is 0.500. The van der Waals surface area contributed by atoms with Gasteiger partial charge in [0.25, 0.3) is 0 Å². The molecule has 0 aliphatic carbocycles. The van der Waals surface area contributed by atoms with Crippen LogP contribution in [0.15, 0.2) is 17.0 Å². The highest BCUT2D eigenvalue weighted by Crippen LogP contribution is 2.22. The van der Waals surface area contributed by atoms with Crippen LogP contribution in [0.4, 0.5) is 5.69 Å². The lowest BCUT2D eigenvalue weighted by atomic mass is 10.1. The van der Waals surface area contributed by atoms with E-state index in [0.29, 0.717) is 11.3 Å². The summed E-state index contributed by atoms with van der Waals surface area (Å²) in [6, 6.07) is 3.18. The third-order valence-electron chi connectivity index (χ3n) is 3.06. The predicted octanol–water partition coefficient (Wildman–Crippen LogP) is 0.931. The van der Waals surface area contributed by atoms with Crippen molar-refractivity contribution >= 4 is 26.5 Å². The molecule has 1 aromatic rings. The maximum atomic E-state index is 12.2. The molecule has 0 fully saturated rings. The zero-order valence-electron chi connectivity index (χ0n) is 11.6. The van der Waals surface area contributed by atoms with Gasteiger partial charge in [0.15, 0.2) is 0 Å². The van der Waals surface area contributed by atoms with Gasteiger partial charge in [0.2, 0.25) is 10.0 Å². The summed E-state index contributed by atoms with van der Waals surface area (Å²) in [4.78, 5) is 0.180. The number of benzene rings is 1. The Bertz CT molecular complexity index is 597. The topological polar surface area (TPSA) is 89.3 Å². The van der Waals surface area contributed by atoms with Gasteiger partial charge in [-0.2, -0.15) is 0 Å². The summed E-state index contributed by atoms with van der Waals surface area (Å²) < 4.78 is 38.1. The molecule has 0 aliphatic heterocycles. The highest BCUT2D eigenvalue weighted by molar-refractivity contribution is 7.89. The SMILES string of the molecule is Cc1cc(N)cc(S(=O)(=O)NCC(C)S(C)=O)c1C. The zero-order valence-corrected chi connectivity index (χ0v) is 13.2. The second-order valence-electron chi connectivity index (χ2n) is 4.62. The zero-order chi connectivity index (χ0) is 14.8. The molecule has 0 saturated heterocycles. The van der Waals surface area contributed by atoms with Crippen molar-refractivity contribution in [2.45, 2.75) is 30.9 Å². The van der Waals surface area contributed by atoms with Crippen molar-refractivity contribution in [1.82, 2.24) is 4.72 Å². The van der Waals surface area contributed by atoms with Crippen molar-refractivity contribution in [2.24, 2.45) is 0 Å². The lowest BCUT2D eigenvalue weighted by molar-refractivity contribution is 0.580. The van der Waals surface area contributed by atoms with Crippen molar-refractivity contribution in [2.75, 3.05) is 18.5 Å². The summed E-state index contributed by atoms with van der Waals surface area (Å²) in [7, 11) is -4.70. The lowest BCUT2D eigenvalue weighted by Crippen LogP contribution is -2.33. The molecule has 7 heteroatoms. The molecule has 2 unspecified atom stereocenters. The molecule has 0 saturated carbocycles. The lowest BCUT2D eigenvalue weighted by Gasteiger charge is -2.14. The molecular formula is C12H20N2O3S2. The third-order valence-corrected chi connectivity index (χ3v) is 5.91. The largest absolute Gasteiger partial charge is 0.399 e. The smallest absolute Gasteiger partial charge is 0.240 e. The summed E-state index contributed by atoms with van der Waals surface area (Å²) in [5.41, 5.74) is 7.60. The van der Waals surface area contributed by atoms with Crippen LogP contribution in [0.1, 0.15) is 18.1 Å². The Morgan fingerprint density at radius 2 is 1.95 bits per heavy atom. The molecule has 19 heavy (non-hydrogen) atoms. The van der Waals surface area contributed by atoms with Crippen LogP contribution in [0.2, 0.25) is 0 Å². The number of hydrogen-bond acceptors (Lipinski definition) is 4. The van der Waals surface area contributed by atoms with Crippen LogP contribution < -0.4 is 10.5 Å². The highest BCUT2D eigenvalue weighted by atomic mass is 32.2. The van der Waals surface area contributed by atoms with Crippen LogP contribution in [-0.2, 0) is 20.8 Å². The monoisotopic (exact) mass is 304 g/mol. The van der Waals surface area contributed by atoms with Gasteiger partial charge in [0, 0.05) is 34.5 Å². The quantitative estimate of drug-likeness (QED) is 0.792. The van der Waals surface area contributed by atoms with Crippen molar-refractivity contribution in [3.63, 3.8) is 0 Å². The van der Waals surface area contributed by atoms with Gasteiger partial charge in [-0.1, -0.05) is 0 Å². The first kappa shape index (κ1) is 16.1. The second kappa shape index (κ2) is 6.02. The Hall–Kier alpha value is -0.920. The van der Waals surface area contributed by atoms with Crippen LogP contribution in [-0.4, -0.2) is 30.7 Å². The van der Waals surface area contributed by atoms with Gasteiger partial charge < -0.3 is 5.73 Å². The maximum absolute atomic E-state index is 12.2. The minimum Gasteiger partial charge on any atom is -0.399 e. The average Bonchev–Trinajstić information content (AvgIpc) is 2.30. The van der Waals surface area contributed by atoms with E-state index < -0.39 is 20.8 Å². The summed E-state index contributed by atoms with van der Waals surface area (Å²) in [5.74, 6) is 0. The van der Waals surface area contributed by atoms with Gasteiger partial charge in [0.1, 0.15) is 0 Å². The number of anilines is 1. The van der Waals surface area contributed by atoms with Gasteiger partial charge in [0.05, 0.1) is 4.90 Å². The number of sulfonamides is 1. The molecule has 2 atom stereocenters. The molecule has 108 valence electrons. The fourth-order valence-electron chi connectivity index (χ4n) is 1.56. The van der Waals surface area contributed by atoms with E-state index in [2.05, 4.69) is 4.72 Å². The molecule has 0 bridgehead atoms. The van der Waals surface area contributed by atoms with Crippen LogP contribution in [0.5, 0.6) is 0 Å². The first-order valence-electron chi connectivity index (χ1n) is 5.83. The standard InChI is InChI=1S/C12H20N2O3S2/c1-8-5-11(13)6-12(10(8)3)19(16,17)14-7-9(2)18(4)15/h5-6,9,14H,7,13H2,1-4H3. The average molecular weight is 304 g/mol. The van der Waals surface area contributed by atoms with Gasteiger partial charge in [-0.3, -0.25) is 4.21 Å². The Balaban J connectivity index is 3.05. The van der Waals surface area contributed by atoms with Crippen LogP contribution in [0.3, 0.4) is 0 Å². The minimum atomic E-state index is -3.63. The maximum Gasteiger partial charge on any atom is 0.240 e. The van der Waals surface area contributed by atoms with Crippen molar-refractivity contribution in [3.05, 3.63) is 23.3 Å². The van der Waals surface area contributed by atoms with Crippen LogP contribution in [0, 0.1) is 13.8 Å². The van der Waals surface area contributed by atoms with Gasteiger partial charge >= 0.3 is 0 Å². The van der Waals surface area contributed by atoms with Crippen LogP contribution in [0.25, 0.3) is 0 Å². The van der Waals surface area contributed by atoms with Gasteiger partial charge in [-0.25, -0.2) is 13.1 Å². The Kier molecular flexibility index (Phi) is 5.11. The molecule has 0 spiro atoms. The molecule has 5 nitrogen and oxygen atoms in total. The second-order valence-corrected chi connectivity index (χ2v) is 8.16. The Labute approximate surface area is 117 Å². The number of hydrogen-bond donors (Lipinski definition) is 2. The number of rotatable bonds is 5. The predicted molar refractivity (Wildman–Crippen MR) is 79.0 cm³/mol. The molecular weight excluding hydrogens is 284 g/mol. The third kappa shape index (κ3) is 4.02. The van der Waals surface area contributed by atoms with Crippen molar-refractivity contribution in [3.8, 4) is 0 Å². The Morgan fingerprint density at radius 1 is 1.37 bits per heavy atom. The summed E-state index contributed by atoms with van der Waals surface area (Å²) in [6.45, 7) is 5.42. The minimum absolute atomic E-state index is 0.138. The van der Waals surface area contributed by atoms with E-state index in [1.54, 1.807) is 26.2 Å². The van der Waals surface area contributed by atoms with E-state index in [-0.39, 0.29) is 16.7 Å².